The second-order valence-electron chi connectivity index (χ2n) is 4.16. The van der Waals surface area contributed by atoms with Gasteiger partial charge >= 0.3 is 0 Å². The molecule has 0 saturated heterocycles. The maximum Gasteiger partial charge on any atom is 0.233 e. The van der Waals surface area contributed by atoms with Crippen LogP contribution in [-0.2, 0) is 4.79 Å². The van der Waals surface area contributed by atoms with Crippen LogP contribution in [0.3, 0.4) is 0 Å². The summed E-state index contributed by atoms with van der Waals surface area (Å²) in [6.45, 7) is 0. The van der Waals surface area contributed by atoms with Gasteiger partial charge in [0.05, 0.1) is 0 Å². The van der Waals surface area contributed by atoms with Crippen molar-refractivity contribution in [3.8, 4) is 11.1 Å². The van der Waals surface area contributed by atoms with E-state index < -0.39 is 11.6 Å². The molecule has 2 nitrogen and oxygen atoms in total. The van der Waals surface area contributed by atoms with Gasteiger partial charge in [0.1, 0.15) is 0 Å². The third kappa shape index (κ3) is 1.59. The van der Waals surface area contributed by atoms with Gasteiger partial charge in [-0.05, 0) is 28.8 Å². The van der Waals surface area contributed by atoms with E-state index in [-0.39, 0.29) is 0 Å². The normalized spacial score (nSPS) is 13.6. The molecule has 86 valence electrons. The Labute approximate surface area is 105 Å². The zero-order valence-electron chi connectivity index (χ0n) is 9.59. The summed E-state index contributed by atoms with van der Waals surface area (Å²) in [6, 6.07) is 15.3. The lowest BCUT2D eigenvalue weighted by Gasteiger charge is -2.13. The van der Waals surface area contributed by atoms with Crippen molar-refractivity contribution in [2.75, 3.05) is 0 Å². The highest BCUT2D eigenvalue weighted by Gasteiger charge is 2.22. The Hall–Kier alpha value is -2.48. The van der Waals surface area contributed by atoms with Crippen molar-refractivity contribution in [3.63, 3.8) is 0 Å². The van der Waals surface area contributed by atoms with Crippen molar-refractivity contribution in [3.05, 3.63) is 65.7 Å². The van der Waals surface area contributed by atoms with Crippen LogP contribution in [0.1, 0.15) is 15.9 Å². The smallest absolute Gasteiger partial charge is 0.233 e. The van der Waals surface area contributed by atoms with Gasteiger partial charge in [0.25, 0.3) is 0 Å². The Bertz CT molecular complexity index is 667. The molecular weight excluding hydrogens is 224 g/mol. The third-order valence-electron chi connectivity index (χ3n) is 3.06. The second kappa shape index (κ2) is 4.08. The average molecular weight is 234 g/mol. The lowest BCUT2D eigenvalue weighted by Crippen LogP contribution is -2.16. The number of allylic oxidation sites excluding steroid dienone is 1. The van der Waals surface area contributed by atoms with Gasteiger partial charge in [-0.25, -0.2) is 0 Å². The summed E-state index contributed by atoms with van der Waals surface area (Å²) < 4.78 is 0. The highest BCUT2D eigenvalue weighted by molar-refractivity contribution is 6.50. The SMILES string of the molecule is O=C1C=Cc2c(cccc2-c2ccccc2)C1=O. The van der Waals surface area contributed by atoms with Crippen LogP contribution in [-0.4, -0.2) is 11.6 Å². The minimum Gasteiger partial charge on any atom is -0.286 e. The maximum atomic E-state index is 11.8. The Balaban J connectivity index is 2.25. The van der Waals surface area contributed by atoms with E-state index in [2.05, 4.69) is 0 Å². The Morgan fingerprint density at radius 3 is 2.17 bits per heavy atom. The van der Waals surface area contributed by atoms with Gasteiger partial charge < -0.3 is 0 Å². The van der Waals surface area contributed by atoms with Gasteiger partial charge in [-0.1, -0.05) is 48.5 Å². The van der Waals surface area contributed by atoms with Crippen LogP contribution in [0.2, 0.25) is 0 Å². The number of hydrogen-bond acceptors (Lipinski definition) is 2. The van der Waals surface area contributed by atoms with Gasteiger partial charge in [0.15, 0.2) is 0 Å². The lowest BCUT2D eigenvalue weighted by atomic mass is 9.89. The van der Waals surface area contributed by atoms with Crippen LogP contribution < -0.4 is 0 Å². The fourth-order valence-corrected chi connectivity index (χ4v) is 2.18. The quantitative estimate of drug-likeness (QED) is 0.710. The molecule has 0 aliphatic heterocycles. The van der Waals surface area contributed by atoms with E-state index in [1.807, 2.05) is 42.5 Å². The Morgan fingerprint density at radius 1 is 0.667 bits per heavy atom. The fraction of sp³-hybridized carbons (Fsp3) is 0. The third-order valence-corrected chi connectivity index (χ3v) is 3.06. The van der Waals surface area contributed by atoms with Crippen molar-refractivity contribution >= 4 is 17.6 Å². The number of rotatable bonds is 1. The summed E-state index contributed by atoms with van der Waals surface area (Å²) in [5.41, 5.74) is 3.34. The molecule has 18 heavy (non-hydrogen) atoms. The van der Waals surface area contributed by atoms with Gasteiger partial charge in [-0.2, -0.15) is 0 Å². The number of Topliss-reactive ketones (excluding diaryl/α,β-unsaturated/α-hetero) is 1. The number of hydrogen-bond donors (Lipinski definition) is 0. The van der Waals surface area contributed by atoms with E-state index in [0.29, 0.717) is 5.56 Å². The number of carbonyl (C=O) groups is 2. The highest BCUT2D eigenvalue weighted by Crippen LogP contribution is 2.29. The molecule has 2 aromatic rings. The van der Waals surface area contributed by atoms with E-state index in [1.165, 1.54) is 6.08 Å². The topological polar surface area (TPSA) is 34.1 Å². The zero-order valence-corrected chi connectivity index (χ0v) is 9.59. The van der Waals surface area contributed by atoms with Crippen LogP contribution in [0.25, 0.3) is 17.2 Å². The van der Waals surface area contributed by atoms with Gasteiger partial charge in [0, 0.05) is 5.56 Å². The molecule has 1 aliphatic carbocycles. The molecule has 2 heteroatoms. The van der Waals surface area contributed by atoms with Crippen molar-refractivity contribution in [1.82, 2.24) is 0 Å². The number of carbonyl (C=O) groups excluding carboxylic acids is 2. The molecule has 2 aromatic carbocycles. The van der Waals surface area contributed by atoms with Crippen molar-refractivity contribution in [1.29, 1.82) is 0 Å². The zero-order chi connectivity index (χ0) is 12.5. The molecule has 3 rings (SSSR count). The largest absolute Gasteiger partial charge is 0.286 e. The first-order valence-corrected chi connectivity index (χ1v) is 5.72. The van der Waals surface area contributed by atoms with Gasteiger partial charge in [-0.3, -0.25) is 9.59 Å². The van der Waals surface area contributed by atoms with E-state index in [4.69, 9.17) is 0 Å². The van der Waals surface area contributed by atoms with Crippen LogP contribution in [0.4, 0.5) is 0 Å². The second-order valence-corrected chi connectivity index (χ2v) is 4.16. The molecule has 0 N–H and O–H groups in total. The first-order valence-electron chi connectivity index (χ1n) is 5.72. The predicted molar refractivity (Wildman–Crippen MR) is 70.2 cm³/mol. The van der Waals surface area contributed by atoms with Crippen LogP contribution in [0.5, 0.6) is 0 Å². The van der Waals surface area contributed by atoms with E-state index in [0.717, 1.165) is 16.7 Å². The Kier molecular flexibility index (Phi) is 2.41. The fourth-order valence-electron chi connectivity index (χ4n) is 2.18. The number of ketones is 2. The molecule has 0 unspecified atom stereocenters. The van der Waals surface area contributed by atoms with E-state index >= 15 is 0 Å². The maximum absolute atomic E-state index is 11.8. The minimum absolute atomic E-state index is 0.426. The molecule has 1 aliphatic rings. The van der Waals surface area contributed by atoms with Crippen LogP contribution in [0.15, 0.2) is 54.6 Å². The molecule has 0 spiro atoms. The van der Waals surface area contributed by atoms with Crippen LogP contribution >= 0.6 is 0 Å². The molecule has 0 aromatic heterocycles. The summed E-state index contributed by atoms with van der Waals surface area (Å²) >= 11 is 0. The number of benzene rings is 2. The summed E-state index contributed by atoms with van der Waals surface area (Å²) in [4.78, 5) is 23.2. The predicted octanol–water partition coefficient (Wildman–Crippen LogP) is 3.13. The highest BCUT2D eigenvalue weighted by atomic mass is 16.2. The first-order chi connectivity index (χ1) is 8.77. The Morgan fingerprint density at radius 2 is 1.39 bits per heavy atom. The van der Waals surface area contributed by atoms with Crippen molar-refractivity contribution < 1.29 is 9.59 Å². The van der Waals surface area contributed by atoms with Crippen LogP contribution in [0, 0.1) is 0 Å². The molecule has 0 heterocycles. The number of fused-ring (bicyclic) bond motifs is 1. The molecule has 0 atom stereocenters. The summed E-state index contributed by atoms with van der Waals surface area (Å²) in [5.74, 6) is -0.877. The standard InChI is InChI=1S/C16H10O2/c17-15-10-9-13-12(11-5-2-1-3-6-11)7-4-8-14(13)16(15)18/h1-10H. The summed E-state index contributed by atoms with van der Waals surface area (Å²) in [6.07, 6.45) is 3.07. The molecule has 0 amide bonds. The van der Waals surface area contributed by atoms with Gasteiger partial charge in [-0.15, -0.1) is 0 Å². The lowest BCUT2D eigenvalue weighted by molar-refractivity contribution is -0.110. The summed E-state index contributed by atoms with van der Waals surface area (Å²) in [7, 11) is 0. The molecular formula is C16H10O2. The van der Waals surface area contributed by atoms with E-state index in [9.17, 15) is 9.59 Å². The average Bonchev–Trinajstić information content (AvgIpc) is 2.43. The van der Waals surface area contributed by atoms with Crippen molar-refractivity contribution in [2.45, 2.75) is 0 Å². The molecule has 0 saturated carbocycles. The monoisotopic (exact) mass is 234 g/mol. The first kappa shape index (κ1) is 10.7. The molecule has 0 fully saturated rings. The van der Waals surface area contributed by atoms with Gasteiger partial charge in [0.2, 0.25) is 11.6 Å². The van der Waals surface area contributed by atoms with E-state index in [1.54, 1.807) is 12.1 Å². The molecule has 0 radical (unpaired) electrons. The minimum atomic E-state index is -0.451. The summed E-state index contributed by atoms with van der Waals surface area (Å²) in [5, 5.41) is 0. The van der Waals surface area contributed by atoms with Crippen molar-refractivity contribution in [2.24, 2.45) is 0 Å². The molecule has 0 bridgehead atoms.